The third-order valence-electron chi connectivity index (χ3n) is 1.17. The Labute approximate surface area is 77.2 Å². The molecular formula is C9H13NOS. The smallest absolute Gasteiger partial charge is 0.193 e. The first-order valence-electron chi connectivity index (χ1n) is 3.85. The molecule has 1 rings (SSSR count). The Kier molecular flexibility index (Phi) is 2.62. The fourth-order valence-corrected chi connectivity index (χ4v) is 1.86. The lowest BCUT2D eigenvalue weighted by atomic mass is 10.3. The SMILES string of the molecule is CC(C)(C)Sc1ccc[n+]([O-])c1. The molecule has 3 heteroatoms. The van der Waals surface area contributed by atoms with Crippen LogP contribution in [-0.2, 0) is 0 Å². The molecule has 0 aromatic carbocycles. The van der Waals surface area contributed by atoms with E-state index in [2.05, 4.69) is 20.8 Å². The van der Waals surface area contributed by atoms with E-state index < -0.39 is 0 Å². The standard InChI is InChI=1S/C9H13NOS/c1-9(2,3)12-8-5-4-6-10(11)7-8/h4-7H,1-3H3. The van der Waals surface area contributed by atoms with Gasteiger partial charge in [0.05, 0.1) is 4.90 Å². The van der Waals surface area contributed by atoms with Crippen molar-refractivity contribution in [2.45, 2.75) is 30.4 Å². The highest BCUT2D eigenvalue weighted by molar-refractivity contribution is 8.00. The van der Waals surface area contributed by atoms with Crippen LogP contribution in [0.1, 0.15) is 20.8 Å². The minimum absolute atomic E-state index is 0.161. The van der Waals surface area contributed by atoms with Gasteiger partial charge in [-0.1, -0.05) is 20.8 Å². The summed E-state index contributed by atoms with van der Waals surface area (Å²) in [6, 6.07) is 3.71. The predicted molar refractivity (Wildman–Crippen MR) is 51.0 cm³/mol. The van der Waals surface area contributed by atoms with E-state index in [4.69, 9.17) is 0 Å². The minimum Gasteiger partial charge on any atom is -0.619 e. The fraction of sp³-hybridized carbons (Fsp3) is 0.444. The highest BCUT2D eigenvalue weighted by Gasteiger charge is 2.12. The zero-order valence-corrected chi connectivity index (χ0v) is 8.39. The van der Waals surface area contributed by atoms with E-state index in [0.717, 1.165) is 9.63 Å². The molecule has 0 fully saturated rings. The van der Waals surface area contributed by atoms with E-state index in [1.807, 2.05) is 6.07 Å². The number of aromatic nitrogens is 1. The summed E-state index contributed by atoms with van der Waals surface area (Å²) in [4.78, 5) is 1.01. The summed E-state index contributed by atoms with van der Waals surface area (Å²) in [6.45, 7) is 6.37. The second-order valence-electron chi connectivity index (χ2n) is 3.61. The van der Waals surface area contributed by atoms with Gasteiger partial charge < -0.3 is 5.21 Å². The van der Waals surface area contributed by atoms with E-state index in [1.165, 1.54) is 6.20 Å². The van der Waals surface area contributed by atoms with Crippen molar-refractivity contribution in [1.29, 1.82) is 0 Å². The van der Waals surface area contributed by atoms with Gasteiger partial charge in [0.25, 0.3) is 0 Å². The van der Waals surface area contributed by atoms with Crippen molar-refractivity contribution in [3.63, 3.8) is 0 Å². The van der Waals surface area contributed by atoms with Crippen LogP contribution in [0, 0.1) is 5.21 Å². The monoisotopic (exact) mass is 183 g/mol. The van der Waals surface area contributed by atoms with Gasteiger partial charge in [0.15, 0.2) is 12.4 Å². The number of nitrogens with zero attached hydrogens (tertiary/aromatic N) is 1. The Bertz CT molecular complexity index is 267. The molecule has 66 valence electrons. The Morgan fingerprint density at radius 2 is 2.08 bits per heavy atom. The molecule has 1 aromatic heterocycles. The van der Waals surface area contributed by atoms with E-state index in [9.17, 15) is 5.21 Å². The molecular weight excluding hydrogens is 170 g/mol. The number of hydrogen-bond acceptors (Lipinski definition) is 2. The molecule has 0 bridgehead atoms. The number of hydrogen-bond donors (Lipinski definition) is 0. The van der Waals surface area contributed by atoms with E-state index in [1.54, 1.807) is 24.0 Å². The molecule has 0 aliphatic heterocycles. The van der Waals surface area contributed by atoms with Crippen molar-refractivity contribution in [1.82, 2.24) is 0 Å². The van der Waals surface area contributed by atoms with Crippen LogP contribution in [0.25, 0.3) is 0 Å². The molecule has 2 nitrogen and oxygen atoms in total. The predicted octanol–water partition coefficient (Wildman–Crippen LogP) is 2.21. The lowest BCUT2D eigenvalue weighted by Gasteiger charge is -2.16. The molecule has 1 heterocycles. The molecule has 0 aliphatic carbocycles. The van der Waals surface area contributed by atoms with Crippen molar-refractivity contribution in [3.8, 4) is 0 Å². The van der Waals surface area contributed by atoms with Crippen LogP contribution in [0.2, 0.25) is 0 Å². The summed E-state index contributed by atoms with van der Waals surface area (Å²) in [6.07, 6.45) is 3.09. The maximum atomic E-state index is 10.9. The fourth-order valence-electron chi connectivity index (χ4n) is 0.848. The molecule has 0 unspecified atom stereocenters. The Hall–Kier alpha value is -0.700. The molecule has 0 spiro atoms. The molecule has 12 heavy (non-hydrogen) atoms. The van der Waals surface area contributed by atoms with Gasteiger partial charge >= 0.3 is 0 Å². The normalized spacial score (nSPS) is 11.6. The van der Waals surface area contributed by atoms with Crippen LogP contribution in [0.3, 0.4) is 0 Å². The van der Waals surface area contributed by atoms with Crippen molar-refractivity contribution in [3.05, 3.63) is 29.7 Å². The number of pyridine rings is 1. The first-order valence-corrected chi connectivity index (χ1v) is 4.67. The lowest BCUT2D eigenvalue weighted by Crippen LogP contribution is -2.24. The Balaban J connectivity index is 2.77. The second kappa shape index (κ2) is 3.35. The molecule has 0 N–H and O–H groups in total. The molecule has 0 radical (unpaired) electrons. The molecule has 0 atom stereocenters. The molecule has 0 saturated heterocycles. The average molecular weight is 183 g/mol. The van der Waals surface area contributed by atoms with Gasteiger partial charge in [0, 0.05) is 10.8 Å². The van der Waals surface area contributed by atoms with Crippen LogP contribution in [0.4, 0.5) is 0 Å². The summed E-state index contributed by atoms with van der Waals surface area (Å²) in [5, 5.41) is 10.9. The van der Waals surface area contributed by atoms with Gasteiger partial charge in [-0.05, 0) is 6.07 Å². The summed E-state index contributed by atoms with van der Waals surface area (Å²) in [5.41, 5.74) is 0. The van der Waals surface area contributed by atoms with Gasteiger partial charge in [-0.3, -0.25) is 0 Å². The van der Waals surface area contributed by atoms with Crippen LogP contribution in [-0.4, -0.2) is 4.75 Å². The van der Waals surface area contributed by atoms with Gasteiger partial charge in [0.1, 0.15) is 0 Å². The van der Waals surface area contributed by atoms with Crippen LogP contribution in [0.15, 0.2) is 29.4 Å². The Morgan fingerprint density at radius 3 is 2.58 bits per heavy atom. The molecule has 0 aliphatic rings. The molecule has 0 amide bonds. The van der Waals surface area contributed by atoms with Gasteiger partial charge in [0.2, 0.25) is 0 Å². The van der Waals surface area contributed by atoms with Crippen LogP contribution < -0.4 is 4.73 Å². The van der Waals surface area contributed by atoms with E-state index in [0.29, 0.717) is 0 Å². The number of thioether (sulfide) groups is 1. The zero-order chi connectivity index (χ0) is 9.19. The van der Waals surface area contributed by atoms with Crippen LogP contribution >= 0.6 is 11.8 Å². The highest BCUT2D eigenvalue weighted by Crippen LogP contribution is 2.30. The summed E-state index contributed by atoms with van der Waals surface area (Å²) >= 11 is 1.69. The van der Waals surface area contributed by atoms with Gasteiger partial charge in [-0.15, -0.1) is 11.8 Å². The van der Waals surface area contributed by atoms with Gasteiger partial charge in [-0.2, -0.15) is 4.73 Å². The van der Waals surface area contributed by atoms with Gasteiger partial charge in [-0.25, -0.2) is 0 Å². The van der Waals surface area contributed by atoms with Crippen molar-refractivity contribution in [2.75, 3.05) is 0 Å². The zero-order valence-electron chi connectivity index (χ0n) is 7.57. The second-order valence-corrected chi connectivity index (χ2v) is 5.51. The lowest BCUT2D eigenvalue weighted by molar-refractivity contribution is -0.607. The van der Waals surface area contributed by atoms with Crippen molar-refractivity contribution >= 4 is 11.8 Å². The third kappa shape index (κ3) is 3.13. The third-order valence-corrected chi connectivity index (χ3v) is 2.26. The average Bonchev–Trinajstić information content (AvgIpc) is 1.82. The quantitative estimate of drug-likeness (QED) is 0.379. The van der Waals surface area contributed by atoms with Crippen LogP contribution in [0.5, 0.6) is 0 Å². The first kappa shape index (κ1) is 9.39. The highest BCUT2D eigenvalue weighted by atomic mass is 32.2. The summed E-state index contributed by atoms with van der Waals surface area (Å²) < 4.78 is 0.989. The van der Waals surface area contributed by atoms with Crippen molar-refractivity contribution < 1.29 is 4.73 Å². The topological polar surface area (TPSA) is 26.9 Å². The maximum Gasteiger partial charge on any atom is 0.193 e. The summed E-state index contributed by atoms with van der Waals surface area (Å²) in [7, 11) is 0. The summed E-state index contributed by atoms with van der Waals surface area (Å²) in [5.74, 6) is 0. The largest absolute Gasteiger partial charge is 0.619 e. The van der Waals surface area contributed by atoms with Crippen molar-refractivity contribution in [2.24, 2.45) is 0 Å². The van der Waals surface area contributed by atoms with E-state index in [-0.39, 0.29) is 4.75 Å². The Morgan fingerprint density at radius 1 is 1.42 bits per heavy atom. The molecule has 0 saturated carbocycles. The maximum absolute atomic E-state index is 10.9. The number of rotatable bonds is 1. The molecule has 1 aromatic rings. The first-order chi connectivity index (χ1) is 5.47. The minimum atomic E-state index is 0.161. The van der Waals surface area contributed by atoms with E-state index >= 15 is 0 Å².